The van der Waals surface area contributed by atoms with Crippen LogP contribution in [0.25, 0.3) is 0 Å². The zero-order chi connectivity index (χ0) is 15.8. The molecule has 2 rings (SSSR count). The largest absolute Gasteiger partial charge is 0.466 e. The lowest BCUT2D eigenvalue weighted by Gasteiger charge is -2.13. The predicted molar refractivity (Wildman–Crippen MR) is 81.2 cm³/mol. The van der Waals surface area contributed by atoms with Crippen molar-refractivity contribution in [2.45, 2.75) is 31.7 Å². The third kappa shape index (κ3) is 3.58. The Morgan fingerprint density at radius 1 is 1.29 bits per heavy atom. The fourth-order valence-electron chi connectivity index (χ4n) is 2.00. The quantitative estimate of drug-likeness (QED) is 0.856. The average Bonchev–Trinajstić information content (AvgIpc) is 2.71. The molecule has 0 aliphatic carbocycles. The van der Waals surface area contributed by atoms with E-state index in [1.807, 2.05) is 0 Å². The van der Waals surface area contributed by atoms with Crippen LogP contribution in [-0.2, 0) is 10.0 Å². The highest BCUT2D eigenvalue weighted by Gasteiger charge is 2.22. The second-order valence-electron chi connectivity index (χ2n) is 4.66. The van der Waals surface area contributed by atoms with Crippen molar-refractivity contribution in [3.63, 3.8) is 0 Å². The smallest absolute Gasteiger partial charge is 0.242 e. The lowest BCUT2D eigenvalue weighted by molar-refractivity contribution is 0.496. The number of aryl methyl sites for hydroxylation is 2. The maximum atomic E-state index is 12.3. The van der Waals surface area contributed by atoms with Gasteiger partial charge in [-0.25, -0.2) is 18.1 Å². The van der Waals surface area contributed by atoms with Crippen molar-refractivity contribution in [2.75, 3.05) is 0 Å². The van der Waals surface area contributed by atoms with Crippen LogP contribution < -0.4 is 4.72 Å². The minimum atomic E-state index is -3.75. The summed E-state index contributed by atoms with van der Waals surface area (Å²) >= 11 is 11.5. The Morgan fingerprint density at radius 2 is 1.95 bits per heavy atom. The van der Waals surface area contributed by atoms with Crippen molar-refractivity contribution in [3.8, 4) is 0 Å². The van der Waals surface area contributed by atoms with Gasteiger partial charge >= 0.3 is 0 Å². The molecule has 8 heteroatoms. The molecule has 0 fully saturated rings. The summed E-state index contributed by atoms with van der Waals surface area (Å²) in [7, 11) is -3.75. The van der Waals surface area contributed by atoms with Crippen molar-refractivity contribution in [1.82, 2.24) is 9.71 Å². The van der Waals surface area contributed by atoms with Gasteiger partial charge < -0.3 is 4.42 Å². The standard InChI is InChI=1S/C13H14Cl2N2O3S/c1-7-4-11(9(3)20-7)8(2)17-21(18,19)10-5-12(14)13(15)16-6-10/h4-6,8,17H,1-3H3. The summed E-state index contributed by atoms with van der Waals surface area (Å²) < 4.78 is 32.6. The molecule has 1 atom stereocenters. The topological polar surface area (TPSA) is 72.2 Å². The van der Waals surface area contributed by atoms with Gasteiger partial charge in [-0.1, -0.05) is 23.2 Å². The Bertz CT molecular complexity index is 772. The Morgan fingerprint density at radius 3 is 2.48 bits per heavy atom. The number of hydrogen-bond acceptors (Lipinski definition) is 4. The first-order valence-corrected chi connectivity index (χ1v) is 8.35. The number of nitrogens with zero attached hydrogens (tertiary/aromatic N) is 1. The monoisotopic (exact) mass is 348 g/mol. The predicted octanol–water partition coefficient (Wildman–Crippen LogP) is 3.64. The minimum Gasteiger partial charge on any atom is -0.466 e. The number of nitrogens with one attached hydrogen (secondary N) is 1. The molecule has 114 valence electrons. The molecule has 0 aliphatic heterocycles. The molecular formula is C13H14Cl2N2O3S. The molecule has 0 aliphatic rings. The van der Waals surface area contributed by atoms with Gasteiger partial charge in [0.2, 0.25) is 10.0 Å². The molecule has 0 saturated heterocycles. The summed E-state index contributed by atoms with van der Waals surface area (Å²) in [4.78, 5) is 3.70. The summed E-state index contributed by atoms with van der Waals surface area (Å²) in [5.74, 6) is 1.40. The second kappa shape index (κ2) is 5.96. The molecular weight excluding hydrogens is 335 g/mol. The molecule has 5 nitrogen and oxygen atoms in total. The van der Waals surface area contributed by atoms with Gasteiger partial charge in [0.25, 0.3) is 0 Å². The number of furan rings is 1. The molecule has 0 saturated carbocycles. The molecule has 2 aromatic heterocycles. The number of aromatic nitrogens is 1. The molecule has 0 bridgehead atoms. The minimum absolute atomic E-state index is 0.0402. The lowest BCUT2D eigenvalue weighted by Crippen LogP contribution is -2.27. The first-order chi connectivity index (χ1) is 9.70. The number of hydrogen-bond donors (Lipinski definition) is 1. The second-order valence-corrected chi connectivity index (χ2v) is 7.13. The number of rotatable bonds is 4. The third-order valence-corrected chi connectivity index (χ3v) is 5.15. The molecule has 0 aromatic carbocycles. The van der Waals surface area contributed by atoms with Crippen LogP contribution in [0.3, 0.4) is 0 Å². The van der Waals surface area contributed by atoms with Gasteiger partial charge in [-0.15, -0.1) is 0 Å². The van der Waals surface area contributed by atoms with E-state index in [4.69, 9.17) is 27.6 Å². The van der Waals surface area contributed by atoms with E-state index in [9.17, 15) is 8.42 Å². The number of halogens is 2. The zero-order valence-electron chi connectivity index (χ0n) is 11.6. The molecule has 0 amide bonds. The maximum absolute atomic E-state index is 12.3. The van der Waals surface area contributed by atoms with E-state index in [1.165, 1.54) is 6.07 Å². The van der Waals surface area contributed by atoms with Gasteiger partial charge in [-0.3, -0.25) is 0 Å². The van der Waals surface area contributed by atoms with E-state index < -0.39 is 16.1 Å². The normalized spacial score (nSPS) is 13.4. The maximum Gasteiger partial charge on any atom is 0.242 e. The molecule has 0 spiro atoms. The van der Waals surface area contributed by atoms with E-state index in [1.54, 1.807) is 26.8 Å². The van der Waals surface area contributed by atoms with E-state index in [2.05, 4.69) is 9.71 Å². The number of pyridine rings is 1. The Hall–Kier alpha value is -1.08. The van der Waals surface area contributed by atoms with Gasteiger partial charge in [-0.2, -0.15) is 0 Å². The Labute approximate surface area is 133 Å². The molecule has 1 N–H and O–H groups in total. The van der Waals surface area contributed by atoms with Gasteiger partial charge in [0.05, 0.1) is 5.02 Å². The van der Waals surface area contributed by atoms with Crippen molar-refractivity contribution in [3.05, 3.63) is 45.6 Å². The van der Waals surface area contributed by atoms with E-state index in [0.717, 1.165) is 17.5 Å². The fourth-order valence-corrected chi connectivity index (χ4v) is 3.52. The molecule has 21 heavy (non-hydrogen) atoms. The molecule has 0 radical (unpaired) electrons. The van der Waals surface area contributed by atoms with Gasteiger partial charge in [0.15, 0.2) is 0 Å². The molecule has 1 unspecified atom stereocenters. The van der Waals surface area contributed by atoms with Crippen molar-refractivity contribution in [1.29, 1.82) is 0 Å². The fraction of sp³-hybridized carbons (Fsp3) is 0.308. The van der Waals surface area contributed by atoms with Crippen molar-refractivity contribution >= 4 is 33.2 Å². The van der Waals surface area contributed by atoms with E-state index in [-0.39, 0.29) is 15.1 Å². The van der Waals surface area contributed by atoms with Crippen LogP contribution in [0.4, 0.5) is 0 Å². The van der Waals surface area contributed by atoms with Crippen LogP contribution in [0.5, 0.6) is 0 Å². The highest BCUT2D eigenvalue weighted by Crippen LogP contribution is 2.25. The van der Waals surface area contributed by atoms with E-state index >= 15 is 0 Å². The van der Waals surface area contributed by atoms with E-state index in [0.29, 0.717) is 5.76 Å². The summed E-state index contributed by atoms with van der Waals surface area (Å²) in [5.41, 5.74) is 0.782. The summed E-state index contributed by atoms with van der Waals surface area (Å²) in [5, 5.41) is 0.146. The van der Waals surface area contributed by atoms with Crippen LogP contribution >= 0.6 is 23.2 Å². The van der Waals surface area contributed by atoms with Crippen molar-refractivity contribution < 1.29 is 12.8 Å². The van der Waals surface area contributed by atoms with Crippen LogP contribution in [-0.4, -0.2) is 13.4 Å². The summed E-state index contributed by atoms with van der Waals surface area (Å²) in [6, 6.07) is 2.62. The number of sulfonamides is 1. The van der Waals surface area contributed by atoms with Crippen LogP contribution in [0.2, 0.25) is 10.2 Å². The Kier molecular flexibility index (Phi) is 4.63. The van der Waals surface area contributed by atoms with Crippen molar-refractivity contribution in [2.24, 2.45) is 0 Å². The first kappa shape index (κ1) is 16.3. The van der Waals surface area contributed by atoms with Crippen LogP contribution in [0.15, 0.2) is 27.6 Å². The van der Waals surface area contributed by atoms with Gasteiger partial charge in [0.1, 0.15) is 21.6 Å². The first-order valence-electron chi connectivity index (χ1n) is 6.11. The van der Waals surface area contributed by atoms with Crippen LogP contribution in [0.1, 0.15) is 30.0 Å². The summed E-state index contributed by atoms with van der Waals surface area (Å²) in [6.45, 7) is 5.33. The Balaban J connectivity index is 2.28. The zero-order valence-corrected chi connectivity index (χ0v) is 14.0. The highest BCUT2D eigenvalue weighted by atomic mass is 35.5. The van der Waals surface area contributed by atoms with Gasteiger partial charge in [0, 0.05) is 17.8 Å². The SMILES string of the molecule is Cc1cc(C(C)NS(=O)(=O)c2cnc(Cl)c(Cl)c2)c(C)o1. The highest BCUT2D eigenvalue weighted by molar-refractivity contribution is 7.89. The average molecular weight is 349 g/mol. The van der Waals surface area contributed by atoms with Gasteiger partial charge in [-0.05, 0) is 32.9 Å². The lowest BCUT2D eigenvalue weighted by atomic mass is 10.1. The summed E-state index contributed by atoms with van der Waals surface area (Å²) in [6.07, 6.45) is 1.16. The molecule has 2 aromatic rings. The third-order valence-electron chi connectivity index (χ3n) is 2.96. The van der Waals surface area contributed by atoms with Crippen LogP contribution in [0, 0.1) is 13.8 Å². The molecule has 2 heterocycles.